The number of hydrogen-bond donors (Lipinski definition) is 1. The van der Waals surface area contributed by atoms with Gasteiger partial charge in [0.1, 0.15) is 5.75 Å². The van der Waals surface area contributed by atoms with Crippen molar-refractivity contribution < 1.29 is 23.0 Å². The molecule has 1 N–H and O–H groups in total. The van der Waals surface area contributed by atoms with Crippen LogP contribution in [0.5, 0.6) is 5.75 Å². The molecule has 114 valence electrons. The summed E-state index contributed by atoms with van der Waals surface area (Å²) in [5, 5.41) is 11.3. The second-order valence-corrected chi connectivity index (χ2v) is 5.67. The van der Waals surface area contributed by atoms with Gasteiger partial charge in [-0.25, -0.2) is 0 Å². The van der Waals surface area contributed by atoms with E-state index in [4.69, 9.17) is 4.74 Å². The van der Waals surface area contributed by atoms with E-state index in [-0.39, 0.29) is 24.9 Å². The van der Waals surface area contributed by atoms with Gasteiger partial charge in [-0.05, 0) is 30.0 Å². The molecule has 2 nitrogen and oxygen atoms in total. The third-order valence-electron chi connectivity index (χ3n) is 3.00. The van der Waals surface area contributed by atoms with Crippen molar-refractivity contribution in [3.8, 4) is 5.75 Å². The topological polar surface area (TPSA) is 29.5 Å². The first-order valence-electron chi connectivity index (χ1n) is 6.43. The number of thiophene rings is 1. The van der Waals surface area contributed by atoms with Gasteiger partial charge >= 0.3 is 6.18 Å². The summed E-state index contributed by atoms with van der Waals surface area (Å²) in [5.41, 5.74) is -0.794. The van der Waals surface area contributed by atoms with E-state index in [2.05, 4.69) is 0 Å². The Kier molecular flexibility index (Phi) is 5.25. The van der Waals surface area contributed by atoms with E-state index in [1.807, 2.05) is 17.5 Å². The molecule has 0 aliphatic carbocycles. The summed E-state index contributed by atoms with van der Waals surface area (Å²) < 4.78 is 43.8. The van der Waals surface area contributed by atoms with Gasteiger partial charge in [0.05, 0.1) is 12.2 Å². The maximum Gasteiger partial charge on any atom is 0.419 e. The molecular weight excluding hydrogens is 301 g/mol. The molecule has 0 saturated carbocycles. The van der Waals surface area contributed by atoms with Crippen LogP contribution in [0, 0.1) is 5.92 Å². The van der Waals surface area contributed by atoms with Gasteiger partial charge in [0.2, 0.25) is 0 Å². The van der Waals surface area contributed by atoms with Gasteiger partial charge in [0.15, 0.2) is 0 Å². The molecule has 0 saturated heterocycles. The minimum absolute atomic E-state index is 0.0431. The van der Waals surface area contributed by atoms with Crippen LogP contribution < -0.4 is 4.74 Å². The fraction of sp³-hybridized carbons (Fsp3) is 0.333. The maximum absolute atomic E-state index is 12.8. The highest BCUT2D eigenvalue weighted by molar-refractivity contribution is 7.09. The molecule has 1 aromatic carbocycles. The Morgan fingerprint density at radius 2 is 1.90 bits per heavy atom. The van der Waals surface area contributed by atoms with Crippen molar-refractivity contribution in [2.45, 2.75) is 12.6 Å². The predicted octanol–water partition coefficient (Wildman–Crippen LogP) is 4.00. The summed E-state index contributed by atoms with van der Waals surface area (Å²) in [7, 11) is 0. The Bertz CT molecular complexity index is 552. The smallest absolute Gasteiger partial charge is 0.419 e. The molecule has 1 heterocycles. The number of para-hydroxylation sites is 1. The highest BCUT2D eigenvalue weighted by Crippen LogP contribution is 2.36. The Hall–Kier alpha value is -1.53. The lowest BCUT2D eigenvalue weighted by Crippen LogP contribution is -2.19. The molecule has 0 radical (unpaired) electrons. The third-order valence-corrected chi connectivity index (χ3v) is 3.89. The fourth-order valence-electron chi connectivity index (χ4n) is 1.92. The van der Waals surface area contributed by atoms with Gasteiger partial charge < -0.3 is 9.84 Å². The number of hydrogen-bond acceptors (Lipinski definition) is 3. The molecule has 0 amide bonds. The Morgan fingerprint density at radius 1 is 1.14 bits per heavy atom. The first-order chi connectivity index (χ1) is 10.0. The van der Waals surface area contributed by atoms with E-state index in [0.29, 0.717) is 6.42 Å². The van der Waals surface area contributed by atoms with Crippen molar-refractivity contribution >= 4 is 11.3 Å². The summed E-state index contributed by atoms with van der Waals surface area (Å²) in [4.78, 5) is 1.07. The Balaban J connectivity index is 2.01. The van der Waals surface area contributed by atoms with Gasteiger partial charge in [-0.15, -0.1) is 11.3 Å². The molecule has 2 aromatic rings. The average molecular weight is 316 g/mol. The van der Waals surface area contributed by atoms with Crippen LogP contribution in [0.15, 0.2) is 41.8 Å². The molecule has 0 aliphatic rings. The first kappa shape index (κ1) is 15.9. The van der Waals surface area contributed by atoms with Crippen molar-refractivity contribution in [1.82, 2.24) is 0 Å². The summed E-state index contributed by atoms with van der Waals surface area (Å²) in [6, 6.07) is 8.93. The molecule has 1 atom stereocenters. The fourth-order valence-corrected chi connectivity index (χ4v) is 2.74. The number of aliphatic hydroxyl groups is 1. The van der Waals surface area contributed by atoms with E-state index in [0.717, 1.165) is 10.9 Å². The van der Waals surface area contributed by atoms with Gasteiger partial charge in [-0.2, -0.15) is 13.2 Å². The van der Waals surface area contributed by atoms with Crippen LogP contribution >= 0.6 is 11.3 Å². The summed E-state index contributed by atoms with van der Waals surface area (Å²) in [6.07, 6.45) is -3.86. The monoisotopic (exact) mass is 316 g/mol. The van der Waals surface area contributed by atoms with Gasteiger partial charge in [0.25, 0.3) is 0 Å². The zero-order chi connectivity index (χ0) is 15.3. The van der Waals surface area contributed by atoms with Crippen molar-refractivity contribution in [2.75, 3.05) is 13.2 Å². The van der Waals surface area contributed by atoms with Gasteiger partial charge in [0, 0.05) is 17.4 Å². The Morgan fingerprint density at radius 3 is 2.52 bits per heavy atom. The minimum Gasteiger partial charge on any atom is -0.493 e. The lowest BCUT2D eigenvalue weighted by Gasteiger charge is -2.17. The van der Waals surface area contributed by atoms with Crippen molar-refractivity contribution in [3.05, 3.63) is 52.2 Å². The first-order valence-corrected chi connectivity index (χ1v) is 7.31. The molecule has 2 rings (SSSR count). The van der Waals surface area contributed by atoms with Crippen LogP contribution in [0.1, 0.15) is 10.4 Å². The molecule has 0 fully saturated rings. The predicted molar refractivity (Wildman–Crippen MR) is 75.5 cm³/mol. The van der Waals surface area contributed by atoms with Crippen LogP contribution in [-0.2, 0) is 12.6 Å². The third kappa shape index (κ3) is 4.47. The second-order valence-electron chi connectivity index (χ2n) is 4.64. The number of rotatable bonds is 6. The molecule has 6 heteroatoms. The van der Waals surface area contributed by atoms with E-state index < -0.39 is 11.7 Å². The number of aliphatic hydroxyl groups excluding tert-OH is 1. The molecular formula is C15H15F3O2S. The van der Waals surface area contributed by atoms with Crippen LogP contribution in [0.2, 0.25) is 0 Å². The molecule has 0 spiro atoms. The highest BCUT2D eigenvalue weighted by Gasteiger charge is 2.34. The lowest BCUT2D eigenvalue weighted by molar-refractivity contribution is -0.139. The molecule has 1 unspecified atom stereocenters. The van der Waals surface area contributed by atoms with E-state index in [1.54, 1.807) is 11.3 Å². The average Bonchev–Trinajstić information content (AvgIpc) is 2.95. The number of ether oxygens (including phenoxy) is 1. The summed E-state index contributed by atoms with van der Waals surface area (Å²) in [6.45, 7) is -0.0897. The number of halogens is 3. The quantitative estimate of drug-likeness (QED) is 0.873. The zero-order valence-corrected chi connectivity index (χ0v) is 12.0. The normalized spacial score (nSPS) is 13.1. The zero-order valence-electron chi connectivity index (χ0n) is 11.1. The van der Waals surface area contributed by atoms with Crippen molar-refractivity contribution in [3.63, 3.8) is 0 Å². The van der Waals surface area contributed by atoms with Gasteiger partial charge in [-0.1, -0.05) is 18.2 Å². The Labute approximate surface area is 124 Å². The highest BCUT2D eigenvalue weighted by atomic mass is 32.1. The largest absolute Gasteiger partial charge is 0.493 e. The SMILES string of the molecule is OCC(COc1ccccc1C(F)(F)F)Cc1cccs1. The van der Waals surface area contributed by atoms with Gasteiger partial charge in [-0.3, -0.25) is 0 Å². The standard InChI is InChI=1S/C15H15F3O2S/c16-15(17,18)13-5-1-2-6-14(13)20-10-11(9-19)8-12-4-3-7-21-12/h1-7,11,19H,8-10H2. The number of benzene rings is 1. The van der Waals surface area contributed by atoms with Crippen LogP contribution in [0.25, 0.3) is 0 Å². The van der Waals surface area contributed by atoms with Crippen LogP contribution in [0.4, 0.5) is 13.2 Å². The molecule has 0 bridgehead atoms. The van der Waals surface area contributed by atoms with Crippen LogP contribution in [0.3, 0.4) is 0 Å². The van der Waals surface area contributed by atoms with Crippen LogP contribution in [-0.4, -0.2) is 18.3 Å². The molecule has 0 aliphatic heterocycles. The van der Waals surface area contributed by atoms with E-state index in [9.17, 15) is 18.3 Å². The second kappa shape index (κ2) is 6.95. The summed E-state index contributed by atoms with van der Waals surface area (Å²) in [5.74, 6) is -0.431. The lowest BCUT2D eigenvalue weighted by atomic mass is 10.1. The maximum atomic E-state index is 12.8. The van der Waals surface area contributed by atoms with E-state index in [1.165, 1.54) is 18.2 Å². The number of alkyl halides is 3. The van der Waals surface area contributed by atoms with Crippen molar-refractivity contribution in [2.24, 2.45) is 5.92 Å². The minimum atomic E-state index is -4.45. The van der Waals surface area contributed by atoms with Crippen molar-refractivity contribution in [1.29, 1.82) is 0 Å². The molecule has 21 heavy (non-hydrogen) atoms. The summed E-state index contributed by atoms with van der Waals surface area (Å²) >= 11 is 1.55. The van der Waals surface area contributed by atoms with E-state index >= 15 is 0 Å². The molecule has 1 aromatic heterocycles.